The van der Waals surface area contributed by atoms with Crippen LogP contribution in [0.3, 0.4) is 0 Å². The van der Waals surface area contributed by atoms with Gasteiger partial charge >= 0.3 is 0 Å². The summed E-state index contributed by atoms with van der Waals surface area (Å²) in [5.74, 6) is 1.03. The second-order valence-electron chi connectivity index (χ2n) is 8.66. The summed E-state index contributed by atoms with van der Waals surface area (Å²) in [5.41, 5.74) is 3.30. The van der Waals surface area contributed by atoms with E-state index in [0.717, 1.165) is 17.7 Å². The number of carbonyl (C=O) groups is 2. The minimum atomic E-state index is -0.514. The number of nitrogens with zero attached hydrogens (tertiary/aromatic N) is 1. The summed E-state index contributed by atoms with van der Waals surface area (Å²) in [7, 11) is 0. The fourth-order valence-corrected chi connectivity index (χ4v) is 4.13. The van der Waals surface area contributed by atoms with Crippen LogP contribution in [0.25, 0.3) is 0 Å². The summed E-state index contributed by atoms with van der Waals surface area (Å²) in [6.07, 6.45) is 0.724. The van der Waals surface area contributed by atoms with Gasteiger partial charge in [-0.05, 0) is 57.7 Å². The Morgan fingerprint density at radius 1 is 1.03 bits per heavy atom. The number of nitrogens with one attached hydrogen (secondary N) is 1. The van der Waals surface area contributed by atoms with Gasteiger partial charge in [0.25, 0.3) is 0 Å². The molecule has 30 heavy (non-hydrogen) atoms. The Morgan fingerprint density at radius 2 is 1.67 bits per heavy atom. The van der Waals surface area contributed by atoms with Gasteiger partial charge in [0.1, 0.15) is 6.04 Å². The standard InChI is InChI=1S/C25H34N2O2S/c1-19-11-9-10-14-22(19)17-30-18-23(28)27(16-15-21-12-7-6-8-13-21)20(2)24(29)26-25(3,4)5/h6-14,20H,15-18H2,1-5H3,(H,26,29). The summed E-state index contributed by atoms with van der Waals surface area (Å²) in [6.45, 7) is 10.3. The molecule has 1 unspecified atom stereocenters. The molecule has 0 aliphatic heterocycles. The summed E-state index contributed by atoms with van der Waals surface area (Å²) < 4.78 is 0. The first-order chi connectivity index (χ1) is 14.2. The van der Waals surface area contributed by atoms with Crippen LogP contribution in [-0.2, 0) is 21.8 Å². The van der Waals surface area contributed by atoms with Gasteiger partial charge in [-0.1, -0.05) is 54.6 Å². The van der Waals surface area contributed by atoms with Crippen molar-refractivity contribution in [3.8, 4) is 0 Å². The Morgan fingerprint density at radius 3 is 2.30 bits per heavy atom. The van der Waals surface area contributed by atoms with Gasteiger partial charge in [0.15, 0.2) is 0 Å². The van der Waals surface area contributed by atoms with Crippen LogP contribution in [-0.4, -0.2) is 40.6 Å². The van der Waals surface area contributed by atoms with Crippen molar-refractivity contribution in [3.05, 3.63) is 71.3 Å². The third-order valence-corrected chi connectivity index (χ3v) is 5.86. The Labute approximate surface area is 185 Å². The first-order valence-electron chi connectivity index (χ1n) is 10.4. The maximum Gasteiger partial charge on any atom is 0.242 e. The second-order valence-corrected chi connectivity index (χ2v) is 9.64. The number of hydrogen-bond donors (Lipinski definition) is 1. The highest BCUT2D eigenvalue weighted by molar-refractivity contribution is 7.99. The second kappa shape index (κ2) is 11.2. The van der Waals surface area contributed by atoms with Gasteiger partial charge in [0, 0.05) is 17.8 Å². The number of amides is 2. The molecule has 0 aromatic heterocycles. The Bertz CT molecular complexity index is 831. The van der Waals surface area contributed by atoms with Crippen molar-refractivity contribution in [2.75, 3.05) is 12.3 Å². The van der Waals surface area contributed by atoms with E-state index in [0.29, 0.717) is 12.3 Å². The molecule has 2 rings (SSSR count). The van der Waals surface area contributed by atoms with Gasteiger partial charge in [-0.15, -0.1) is 11.8 Å². The van der Waals surface area contributed by atoms with Gasteiger partial charge in [-0.3, -0.25) is 9.59 Å². The van der Waals surface area contributed by atoms with E-state index in [2.05, 4.69) is 36.5 Å². The molecule has 0 saturated carbocycles. The largest absolute Gasteiger partial charge is 0.350 e. The molecule has 0 aliphatic rings. The van der Waals surface area contributed by atoms with Gasteiger partial charge < -0.3 is 10.2 Å². The van der Waals surface area contributed by atoms with E-state index >= 15 is 0 Å². The minimum Gasteiger partial charge on any atom is -0.350 e. The van der Waals surface area contributed by atoms with Crippen LogP contribution in [0.1, 0.15) is 44.4 Å². The van der Waals surface area contributed by atoms with Crippen LogP contribution in [0.5, 0.6) is 0 Å². The van der Waals surface area contributed by atoms with Crippen LogP contribution in [0.15, 0.2) is 54.6 Å². The lowest BCUT2D eigenvalue weighted by molar-refractivity contribution is -0.138. The van der Waals surface area contributed by atoms with Crippen molar-refractivity contribution in [2.24, 2.45) is 0 Å². The fraction of sp³-hybridized carbons (Fsp3) is 0.440. The highest BCUT2D eigenvalue weighted by Crippen LogP contribution is 2.17. The van der Waals surface area contributed by atoms with E-state index in [1.54, 1.807) is 16.7 Å². The van der Waals surface area contributed by atoms with Crippen molar-refractivity contribution in [2.45, 2.75) is 58.4 Å². The lowest BCUT2D eigenvalue weighted by Crippen LogP contribution is -2.53. The van der Waals surface area contributed by atoms with Crippen LogP contribution in [0.2, 0.25) is 0 Å². The predicted octanol–water partition coefficient (Wildman–Crippen LogP) is 4.60. The molecule has 2 aromatic rings. The minimum absolute atomic E-state index is 0.000995. The molecule has 4 nitrogen and oxygen atoms in total. The van der Waals surface area contributed by atoms with E-state index in [4.69, 9.17) is 0 Å². The van der Waals surface area contributed by atoms with Crippen molar-refractivity contribution in [1.82, 2.24) is 10.2 Å². The summed E-state index contributed by atoms with van der Waals surface area (Å²) in [5, 5.41) is 3.00. The molecule has 0 aliphatic carbocycles. The molecule has 2 amide bonds. The zero-order valence-electron chi connectivity index (χ0n) is 18.8. The van der Waals surface area contributed by atoms with Crippen molar-refractivity contribution < 1.29 is 9.59 Å². The molecular formula is C25H34N2O2S. The van der Waals surface area contributed by atoms with Crippen LogP contribution >= 0.6 is 11.8 Å². The topological polar surface area (TPSA) is 49.4 Å². The molecule has 0 bridgehead atoms. The molecule has 2 aromatic carbocycles. The average Bonchev–Trinajstić information content (AvgIpc) is 2.69. The Kier molecular flexibility index (Phi) is 8.97. The third kappa shape index (κ3) is 7.86. The number of benzene rings is 2. The zero-order chi connectivity index (χ0) is 22.1. The van der Waals surface area contributed by atoms with Gasteiger partial charge in [0.05, 0.1) is 5.75 Å². The maximum atomic E-state index is 13.1. The molecule has 0 fully saturated rings. The normalized spacial score (nSPS) is 12.3. The molecule has 0 radical (unpaired) electrons. The van der Waals surface area contributed by atoms with E-state index < -0.39 is 6.04 Å². The molecule has 1 atom stereocenters. The van der Waals surface area contributed by atoms with E-state index in [1.165, 1.54) is 11.1 Å². The molecular weight excluding hydrogens is 392 g/mol. The number of rotatable bonds is 9. The van der Waals surface area contributed by atoms with Crippen LogP contribution in [0.4, 0.5) is 0 Å². The van der Waals surface area contributed by atoms with Crippen LogP contribution in [0, 0.1) is 6.92 Å². The summed E-state index contributed by atoms with van der Waals surface area (Å²) in [4.78, 5) is 27.5. The molecule has 162 valence electrons. The fourth-order valence-electron chi connectivity index (χ4n) is 3.15. The van der Waals surface area contributed by atoms with E-state index in [9.17, 15) is 9.59 Å². The average molecular weight is 427 g/mol. The Hall–Kier alpha value is -2.27. The van der Waals surface area contributed by atoms with Crippen molar-refractivity contribution in [3.63, 3.8) is 0 Å². The van der Waals surface area contributed by atoms with Gasteiger partial charge in [0.2, 0.25) is 11.8 Å². The highest BCUT2D eigenvalue weighted by atomic mass is 32.2. The van der Waals surface area contributed by atoms with Crippen molar-refractivity contribution in [1.29, 1.82) is 0 Å². The monoisotopic (exact) mass is 426 g/mol. The van der Waals surface area contributed by atoms with Crippen molar-refractivity contribution >= 4 is 23.6 Å². The number of aryl methyl sites for hydroxylation is 1. The van der Waals surface area contributed by atoms with E-state index in [1.807, 2.05) is 58.0 Å². The molecule has 0 spiro atoms. The molecule has 5 heteroatoms. The van der Waals surface area contributed by atoms with E-state index in [-0.39, 0.29) is 17.4 Å². The SMILES string of the molecule is Cc1ccccc1CSCC(=O)N(CCc1ccccc1)C(C)C(=O)NC(C)(C)C. The smallest absolute Gasteiger partial charge is 0.242 e. The third-order valence-electron chi connectivity index (χ3n) is 4.89. The Balaban J connectivity index is 2.03. The molecule has 0 saturated heterocycles. The lowest BCUT2D eigenvalue weighted by Gasteiger charge is -2.31. The predicted molar refractivity (Wildman–Crippen MR) is 127 cm³/mol. The first kappa shape index (κ1) is 24.0. The number of hydrogen-bond acceptors (Lipinski definition) is 3. The summed E-state index contributed by atoms with van der Waals surface area (Å²) >= 11 is 1.60. The van der Waals surface area contributed by atoms with Crippen LogP contribution < -0.4 is 5.32 Å². The number of thioether (sulfide) groups is 1. The maximum absolute atomic E-state index is 13.1. The quantitative estimate of drug-likeness (QED) is 0.637. The lowest BCUT2D eigenvalue weighted by atomic mass is 10.1. The first-order valence-corrected chi connectivity index (χ1v) is 11.6. The zero-order valence-corrected chi connectivity index (χ0v) is 19.6. The molecule has 1 N–H and O–H groups in total. The summed E-state index contributed by atoms with van der Waals surface area (Å²) in [6, 6.07) is 17.8. The van der Waals surface area contributed by atoms with Gasteiger partial charge in [-0.25, -0.2) is 0 Å². The van der Waals surface area contributed by atoms with Gasteiger partial charge in [-0.2, -0.15) is 0 Å². The number of carbonyl (C=O) groups excluding carboxylic acids is 2. The molecule has 0 heterocycles. The highest BCUT2D eigenvalue weighted by Gasteiger charge is 2.27.